The van der Waals surface area contributed by atoms with Crippen LogP contribution in [-0.4, -0.2) is 53.9 Å². The van der Waals surface area contributed by atoms with E-state index in [-0.39, 0.29) is 17.9 Å². The first-order valence-corrected chi connectivity index (χ1v) is 9.32. The molecule has 1 unspecified atom stereocenters. The zero-order valence-electron chi connectivity index (χ0n) is 15.4. The summed E-state index contributed by atoms with van der Waals surface area (Å²) in [5, 5.41) is 8.15. The lowest BCUT2D eigenvalue weighted by Crippen LogP contribution is -2.43. The first-order chi connectivity index (χ1) is 12.1. The normalized spacial score (nSPS) is 27.7. The SMILES string of the molecule is COC1CCC(CC(=O)N2CCOC(c3nnc(C(C)C)o3)C2)CC1. The summed E-state index contributed by atoms with van der Waals surface area (Å²) in [6, 6.07) is 0. The standard InChI is InChI=1S/C18H29N3O4/c1-12(2)17-19-20-18(25-17)15-11-21(8-9-24-15)16(22)10-13-4-6-14(23-3)7-5-13/h12-15H,4-11H2,1-3H3. The zero-order valence-corrected chi connectivity index (χ0v) is 15.4. The number of methoxy groups -OCH3 is 1. The molecule has 1 atom stereocenters. The lowest BCUT2D eigenvalue weighted by Gasteiger charge is -2.33. The van der Waals surface area contributed by atoms with E-state index in [0.717, 1.165) is 25.7 Å². The molecule has 0 aromatic carbocycles. The van der Waals surface area contributed by atoms with Crippen LogP contribution in [0.2, 0.25) is 0 Å². The summed E-state index contributed by atoms with van der Waals surface area (Å²) in [6.45, 7) is 5.65. The van der Waals surface area contributed by atoms with Crippen molar-refractivity contribution in [2.45, 2.75) is 64.1 Å². The van der Waals surface area contributed by atoms with Gasteiger partial charge in [0, 0.05) is 26.0 Å². The van der Waals surface area contributed by atoms with Gasteiger partial charge in [-0.3, -0.25) is 4.79 Å². The van der Waals surface area contributed by atoms with E-state index in [0.29, 0.717) is 49.9 Å². The molecule has 0 N–H and O–H groups in total. The minimum absolute atomic E-state index is 0.185. The lowest BCUT2D eigenvalue weighted by molar-refractivity contribution is -0.141. The van der Waals surface area contributed by atoms with E-state index in [2.05, 4.69) is 10.2 Å². The highest BCUT2D eigenvalue weighted by Crippen LogP contribution is 2.30. The molecule has 0 spiro atoms. The third kappa shape index (κ3) is 4.58. The maximum Gasteiger partial charge on any atom is 0.247 e. The fourth-order valence-electron chi connectivity index (χ4n) is 3.58. The fraction of sp³-hybridized carbons (Fsp3) is 0.833. The monoisotopic (exact) mass is 351 g/mol. The number of carbonyl (C=O) groups is 1. The molecule has 140 valence electrons. The van der Waals surface area contributed by atoms with Crippen molar-refractivity contribution in [2.75, 3.05) is 26.8 Å². The van der Waals surface area contributed by atoms with E-state index < -0.39 is 0 Å². The molecule has 1 aromatic heterocycles. The van der Waals surface area contributed by atoms with E-state index in [4.69, 9.17) is 13.9 Å². The van der Waals surface area contributed by atoms with Gasteiger partial charge in [-0.15, -0.1) is 10.2 Å². The average molecular weight is 351 g/mol. The predicted molar refractivity (Wildman–Crippen MR) is 91.0 cm³/mol. The van der Waals surface area contributed by atoms with Gasteiger partial charge in [0.1, 0.15) is 0 Å². The molecule has 1 amide bonds. The number of nitrogens with zero attached hydrogens (tertiary/aromatic N) is 3. The van der Waals surface area contributed by atoms with E-state index in [1.807, 2.05) is 18.7 Å². The van der Waals surface area contributed by atoms with Gasteiger partial charge in [-0.25, -0.2) is 0 Å². The van der Waals surface area contributed by atoms with Crippen LogP contribution in [0.25, 0.3) is 0 Å². The molecule has 2 fully saturated rings. The molecule has 7 heteroatoms. The lowest BCUT2D eigenvalue weighted by atomic mass is 9.85. The Morgan fingerprint density at radius 3 is 2.68 bits per heavy atom. The molecule has 1 aliphatic heterocycles. The second kappa shape index (κ2) is 8.27. The van der Waals surface area contributed by atoms with Crippen LogP contribution in [0.3, 0.4) is 0 Å². The van der Waals surface area contributed by atoms with Crippen molar-refractivity contribution in [3.05, 3.63) is 11.8 Å². The maximum absolute atomic E-state index is 12.7. The Hall–Kier alpha value is -1.47. The van der Waals surface area contributed by atoms with Gasteiger partial charge in [0.25, 0.3) is 0 Å². The Labute approximate surface area is 149 Å². The number of hydrogen-bond acceptors (Lipinski definition) is 6. The number of rotatable bonds is 5. The predicted octanol–water partition coefficient (Wildman–Crippen LogP) is 2.69. The molecular weight excluding hydrogens is 322 g/mol. The minimum atomic E-state index is -0.318. The summed E-state index contributed by atoms with van der Waals surface area (Å²) >= 11 is 0. The topological polar surface area (TPSA) is 77.7 Å². The van der Waals surface area contributed by atoms with Crippen molar-refractivity contribution in [1.29, 1.82) is 0 Å². The number of amides is 1. The van der Waals surface area contributed by atoms with Crippen molar-refractivity contribution >= 4 is 5.91 Å². The summed E-state index contributed by atoms with van der Waals surface area (Å²) in [4.78, 5) is 14.6. The summed E-state index contributed by atoms with van der Waals surface area (Å²) in [7, 11) is 1.77. The quantitative estimate of drug-likeness (QED) is 0.812. The molecule has 3 rings (SSSR count). The van der Waals surface area contributed by atoms with Gasteiger partial charge >= 0.3 is 0 Å². The van der Waals surface area contributed by atoms with E-state index in [1.165, 1.54) is 0 Å². The Balaban J connectivity index is 1.53. The molecular formula is C18H29N3O4. The Bertz CT molecular complexity index is 566. The maximum atomic E-state index is 12.7. The second-order valence-electron chi connectivity index (χ2n) is 7.41. The van der Waals surface area contributed by atoms with Crippen molar-refractivity contribution in [1.82, 2.24) is 15.1 Å². The molecule has 1 saturated carbocycles. The van der Waals surface area contributed by atoms with Gasteiger partial charge in [-0.05, 0) is 31.6 Å². The van der Waals surface area contributed by atoms with Gasteiger partial charge in [0.05, 0.1) is 19.3 Å². The molecule has 7 nitrogen and oxygen atoms in total. The summed E-state index contributed by atoms with van der Waals surface area (Å²) in [6.07, 6.45) is 4.91. The van der Waals surface area contributed by atoms with Crippen molar-refractivity contribution in [3.8, 4) is 0 Å². The van der Waals surface area contributed by atoms with E-state index >= 15 is 0 Å². The molecule has 2 aliphatic rings. The van der Waals surface area contributed by atoms with E-state index in [1.54, 1.807) is 7.11 Å². The molecule has 0 radical (unpaired) electrons. The number of carbonyl (C=O) groups excluding carboxylic acids is 1. The van der Waals surface area contributed by atoms with Gasteiger partial charge in [-0.2, -0.15) is 0 Å². The van der Waals surface area contributed by atoms with Crippen LogP contribution in [0.15, 0.2) is 4.42 Å². The van der Waals surface area contributed by atoms with Crippen molar-refractivity contribution < 1.29 is 18.7 Å². The van der Waals surface area contributed by atoms with Gasteiger partial charge in [-0.1, -0.05) is 13.8 Å². The fourth-order valence-corrected chi connectivity index (χ4v) is 3.58. The van der Waals surface area contributed by atoms with Crippen LogP contribution in [0.5, 0.6) is 0 Å². The van der Waals surface area contributed by atoms with Crippen LogP contribution >= 0.6 is 0 Å². The van der Waals surface area contributed by atoms with E-state index in [9.17, 15) is 4.79 Å². The summed E-state index contributed by atoms with van der Waals surface area (Å²) < 4.78 is 16.8. The third-order valence-corrected chi connectivity index (χ3v) is 5.24. The van der Waals surface area contributed by atoms with Gasteiger partial charge in [0.15, 0.2) is 6.10 Å². The Morgan fingerprint density at radius 1 is 1.28 bits per heavy atom. The average Bonchev–Trinajstić information content (AvgIpc) is 3.13. The molecule has 1 aromatic rings. The largest absolute Gasteiger partial charge is 0.422 e. The highest BCUT2D eigenvalue weighted by molar-refractivity contribution is 5.76. The smallest absolute Gasteiger partial charge is 0.247 e. The van der Waals surface area contributed by atoms with Crippen LogP contribution < -0.4 is 0 Å². The second-order valence-corrected chi connectivity index (χ2v) is 7.41. The molecule has 0 bridgehead atoms. The Kier molecular flexibility index (Phi) is 6.06. The number of aromatic nitrogens is 2. The van der Waals surface area contributed by atoms with Crippen molar-refractivity contribution in [2.24, 2.45) is 5.92 Å². The van der Waals surface area contributed by atoms with Crippen LogP contribution in [0.1, 0.15) is 69.8 Å². The first kappa shape index (κ1) is 18.3. The van der Waals surface area contributed by atoms with Crippen LogP contribution in [0.4, 0.5) is 0 Å². The van der Waals surface area contributed by atoms with Crippen LogP contribution in [-0.2, 0) is 14.3 Å². The van der Waals surface area contributed by atoms with Gasteiger partial charge < -0.3 is 18.8 Å². The summed E-state index contributed by atoms with van der Waals surface area (Å²) in [5.74, 6) is 1.94. The van der Waals surface area contributed by atoms with Gasteiger partial charge in [0.2, 0.25) is 17.7 Å². The number of hydrogen-bond donors (Lipinski definition) is 0. The highest BCUT2D eigenvalue weighted by atomic mass is 16.5. The minimum Gasteiger partial charge on any atom is -0.422 e. The molecule has 2 heterocycles. The zero-order chi connectivity index (χ0) is 17.8. The molecule has 1 aliphatic carbocycles. The van der Waals surface area contributed by atoms with Crippen LogP contribution in [0, 0.1) is 5.92 Å². The molecule has 1 saturated heterocycles. The van der Waals surface area contributed by atoms with Crippen molar-refractivity contribution in [3.63, 3.8) is 0 Å². The summed E-state index contributed by atoms with van der Waals surface area (Å²) in [5.41, 5.74) is 0. The highest BCUT2D eigenvalue weighted by Gasteiger charge is 2.31. The first-order valence-electron chi connectivity index (χ1n) is 9.32. The molecule has 25 heavy (non-hydrogen) atoms. The number of morpholine rings is 1. The Morgan fingerprint density at radius 2 is 2.04 bits per heavy atom. The third-order valence-electron chi connectivity index (χ3n) is 5.24. The number of ether oxygens (including phenoxy) is 2.